The van der Waals surface area contributed by atoms with Crippen LogP contribution in [0, 0.1) is 0 Å². The van der Waals surface area contributed by atoms with Crippen molar-refractivity contribution in [2.24, 2.45) is 5.73 Å². The number of rotatable bonds is 2. The van der Waals surface area contributed by atoms with Crippen molar-refractivity contribution in [2.45, 2.75) is 38.1 Å². The Kier molecular flexibility index (Phi) is 5.36. The van der Waals surface area contributed by atoms with Gasteiger partial charge in [-0.2, -0.15) is 0 Å². The van der Waals surface area contributed by atoms with Crippen molar-refractivity contribution in [3.8, 4) is 0 Å². The molecule has 2 nitrogen and oxygen atoms in total. The Morgan fingerprint density at radius 1 is 1.17 bits per heavy atom. The number of aromatic nitrogens is 1. The molecule has 2 aromatic rings. The first-order chi connectivity index (χ1) is 8.84. The van der Waals surface area contributed by atoms with Crippen LogP contribution >= 0.6 is 11.3 Å². The Bertz CT molecular complexity index is 419. The lowest BCUT2D eigenvalue weighted by Crippen LogP contribution is -2.13. The molecule has 0 atom stereocenters. The lowest BCUT2D eigenvalue weighted by molar-refractivity contribution is 0.704. The van der Waals surface area contributed by atoms with E-state index in [1.807, 2.05) is 11.6 Å². The van der Waals surface area contributed by atoms with Gasteiger partial charge in [0, 0.05) is 17.8 Å². The van der Waals surface area contributed by atoms with Crippen molar-refractivity contribution < 1.29 is 0 Å². The topological polar surface area (TPSA) is 38.9 Å². The first-order valence-corrected chi connectivity index (χ1v) is 7.45. The zero-order valence-corrected chi connectivity index (χ0v) is 11.4. The standard InChI is InChI=1S/C10H9NS.C5H11N/c1-2-4-9(5-3-1)6-10-7-12-8-11-10;6-5-3-1-2-4-5/h1-5,7-8H,6H2;5H,1-4,6H2. The quantitative estimate of drug-likeness (QED) is 0.895. The summed E-state index contributed by atoms with van der Waals surface area (Å²) in [6.07, 6.45) is 6.20. The van der Waals surface area contributed by atoms with E-state index in [2.05, 4.69) is 34.6 Å². The maximum absolute atomic E-state index is 5.53. The van der Waals surface area contributed by atoms with E-state index in [-0.39, 0.29) is 0 Å². The Morgan fingerprint density at radius 3 is 2.39 bits per heavy atom. The fraction of sp³-hybridized carbons (Fsp3) is 0.400. The molecule has 1 saturated carbocycles. The van der Waals surface area contributed by atoms with E-state index >= 15 is 0 Å². The van der Waals surface area contributed by atoms with Crippen molar-refractivity contribution in [1.29, 1.82) is 0 Å². The molecule has 1 aliphatic rings. The molecule has 0 bridgehead atoms. The summed E-state index contributed by atoms with van der Waals surface area (Å²) in [6.45, 7) is 0. The Morgan fingerprint density at radius 2 is 1.89 bits per heavy atom. The van der Waals surface area contributed by atoms with Gasteiger partial charge in [0.1, 0.15) is 0 Å². The SMILES string of the molecule is NC1CCCC1.c1ccc(Cc2cscn2)cc1. The summed E-state index contributed by atoms with van der Waals surface area (Å²) < 4.78 is 0. The second kappa shape index (κ2) is 7.29. The number of thiazole rings is 1. The molecule has 1 aromatic carbocycles. The van der Waals surface area contributed by atoms with Gasteiger partial charge in [-0.05, 0) is 18.4 Å². The lowest BCUT2D eigenvalue weighted by atomic mass is 10.1. The minimum atomic E-state index is 0.546. The second-order valence-corrected chi connectivity index (χ2v) is 5.41. The van der Waals surface area contributed by atoms with Crippen LogP contribution in [0.1, 0.15) is 36.9 Å². The lowest BCUT2D eigenvalue weighted by Gasteiger charge is -1.95. The third kappa shape index (κ3) is 4.59. The Balaban J connectivity index is 0.000000169. The molecule has 1 heterocycles. The molecular formula is C15H20N2S. The third-order valence-electron chi connectivity index (χ3n) is 3.11. The van der Waals surface area contributed by atoms with Gasteiger partial charge in [0.15, 0.2) is 0 Å². The monoisotopic (exact) mass is 260 g/mol. The summed E-state index contributed by atoms with van der Waals surface area (Å²) in [5.41, 5.74) is 9.89. The molecule has 1 aromatic heterocycles. The molecule has 0 saturated heterocycles. The molecule has 0 unspecified atom stereocenters. The molecule has 1 aliphatic carbocycles. The molecule has 1 fully saturated rings. The summed E-state index contributed by atoms with van der Waals surface area (Å²) in [6, 6.07) is 10.9. The van der Waals surface area contributed by atoms with Crippen LogP contribution in [-0.4, -0.2) is 11.0 Å². The average molecular weight is 260 g/mol. The van der Waals surface area contributed by atoms with Crippen LogP contribution in [0.4, 0.5) is 0 Å². The molecule has 0 radical (unpaired) electrons. The van der Waals surface area contributed by atoms with Gasteiger partial charge in [-0.1, -0.05) is 43.2 Å². The van der Waals surface area contributed by atoms with Gasteiger partial charge < -0.3 is 5.73 Å². The van der Waals surface area contributed by atoms with Crippen LogP contribution in [0.5, 0.6) is 0 Å². The van der Waals surface area contributed by atoms with Crippen molar-refractivity contribution in [2.75, 3.05) is 0 Å². The summed E-state index contributed by atoms with van der Waals surface area (Å²) >= 11 is 1.65. The van der Waals surface area contributed by atoms with Crippen LogP contribution in [-0.2, 0) is 6.42 Å². The summed E-state index contributed by atoms with van der Waals surface area (Å²) in [5.74, 6) is 0. The number of nitrogens with two attached hydrogens (primary N) is 1. The van der Waals surface area contributed by atoms with Crippen molar-refractivity contribution in [3.05, 3.63) is 52.5 Å². The number of nitrogens with zero attached hydrogens (tertiary/aromatic N) is 1. The van der Waals surface area contributed by atoms with Crippen LogP contribution < -0.4 is 5.73 Å². The minimum absolute atomic E-state index is 0.546. The van der Waals surface area contributed by atoms with Gasteiger partial charge in [0.2, 0.25) is 0 Å². The maximum atomic E-state index is 5.53. The van der Waals surface area contributed by atoms with Crippen LogP contribution in [0.25, 0.3) is 0 Å². The van der Waals surface area contributed by atoms with Gasteiger partial charge in [0.25, 0.3) is 0 Å². The van der Waals surface area contributed by atoms with E-state index in [9.17, 15) is 0 Å². The predicted octanol–water partition coefficient (Wildman–Crippen LogP) is 3.62. The highest BCUT2D eigenvalue weighted by Crippen LogP contribution is 2.14. The summed E-state index contributed by atoms with van der Waals surface area (Å²) in [5, 5.41) is 2.09. The van der Waals surface area contributed by atoms with Crippen LogP contribution in [0.2, 0.25) is 0 Å². The molecule has 3 rings (SSSR count). The molecule has 3 heteroatoms. The number of hydrogen-bond acceptors (Lipinski definition) is 3. The van der Waals surface area contributed by atoms with Crippen molar-refractivity contribution in [1.82, 2.24) is 4.98 Å². The highest BCUT2D eigenvalue weighted by Gasteiger charge is 2.07. The van der Waals surface area contributed by atoms with Gasteiger partial charge in [-0.15, -0.1) is 11.3 Å². The van der Waals surface area contributed by atoms with E-state index in [1.54, 1.807) is 11.3 Å². The van der Waals surface area contributed by atoms with E-state index in [4.69, 9.17) is 5.73 Å². The summed E-state index contributed by atoms with van der Waals surface area (Å²) in [7, 11) is 0. The smallest absolute Gasteiger partial charge is 0.0794 e. The second-order valence-electron chi connectivity index (χ2n) is 4.69. The van der Waals surface area contributed by atoms with Crippen LogP contribution in [0.3, 0.4) is 0 Å². The first-order valence-electron chi connectivity index (χ1n) is 6.51. The zero-order chi connectivity index (χ0) is 12.6. The van der Waals surface area contributed by atoms with E-state index in [0.29, 0.717) is 6.04 Å². The molecular weight excluding hydrogens is 240 g/mol. The fourth-order valence-corrected chi connectivity index (χ4v) is 2.65. The largest absolute Gasteiger partial charge is 0.328 e. The van der Waals surface area contributed by atoms with E-state index in [1.165, 1.54) is 31.2 Å². The van der Waals surface area contributed by atoms with Gasteiger partial charge >= 0.3 is 0 Å². The molecule has 18 heavy (non-hydrogen) atoms. The molecule has 0 aliphatic heterocycles. The maximum Gasteiger partial charge on any atom is 0.0794 e. The third-order valence-corrected chi connectivity index (χ3v) is 3.75. The minimum Gasteiger partial charge on any atom is -0.328 e. The van der Waals surface area contributed by atoms with Gasteiger partial charge in [0.05, 0.1) is 11.2 Å². The highest BCUT2D eigenvalue weighted by atomic mass is 32.1. The Hall–Kier alpha value is -1.19. The first kappa shape index (κ1) is 13.2. The molecule has 0 spiro atoms. The van der Waals surface area contributed by atoms with Crippen molar-refractivity contribution >= 4 is 11.3 Å². The summed E-state index contributed by atoms with van der Waals surface area (Å²) in [4.78, 5) is 4.23. The van der Waals surface area contributed by atoms with Crippen LogP contribution in [0.15, 0.2) is 41.2 Å². The van der Waals surface area contributed by atoms with Gasteiger partial charge in [-0.3, -0.25) is 0 Å². The predicted molar refractivity (Wildman–Crippen MR) is 77.8 cm³/mol. The van der Waals surface area contributed by atoms with E-state index < -0.39 is 0 Å². The van der Waals surface area contributed by atoms with Crippen molar-refractivity contribution in [3.63, 3.8) is 0 Å². The zero-order valence-electron chi connectivity index (χ0n) is 10.6. The highest BCUT2D eigenvalue weighted by molar-refractivity contribution is 7.07. The molecule has 0 amide bonds. The molecule has 2 N–H and O–H groups in total. The number of benzene rings is 1. The Labute approximate surface area is 113 Å². The fourth-order valence-electron chi connectivity index (χ4n) is 2.09. The normalized spacial score (nSPS) is 15.2. The van der Waals surface area contributed by atoms with Gasteiger partial charge in [-0.25, -0.2) is 4.98 Å². The average Bonchev–Trinajstić information content (AvgIpc) is 3.05. The molecule has 96 valence electrons. The van der Waals surface area contributed by atoms with E-state index in [0.717, 1.165) is 12.1 Å². The number of hydrogen-bond donors (Lipinski definition) is 1.